The number of rotatable bonds is 3. The first-order valence-electron chi connectivity index (χ1n) is 5.59. The SMILES string of the molecule is CCOC(=O)CC1C[C@H]2CC[C@@H](C1)O2. The largest absolute Gasteiger partial charge is 0.466 e. The zero-order chi connectivity index (χ0) is 9.97. The molecule has 2 fully saturated rings. The van der Waals surface area contributed by atoms with E-state index in [0.717, 1.165) is 12.8 Å². The summed E-state index contributed by atoms with van der Waals surface area (Å²) in [6, 6.07) is 0. The smallest absolute Gasteiger partial charge is 0.306 e. The van der Waals surface area contributed by atoms with Crippen LogP contribution in [0.25, 0.3) is 0 Å². The molecule has 2 aliphatic rings. The molecule has 0 aromatic rings. The Morgan fingerprint density at radius 3 is 2.57 bits per heavy atom. The second kappa shape index (κ2) is 4.30. The van der Waals surface area contributed by atoms with Gasteiger partial charge < -0.3 is 9.47 Å². The highest BCUT2D eigenvalue weighted by atomic mass is 16.5. The molecule has 0 saturated carbocycles. The molecule has 3 heteroatoms. The lowest BCUT2D eigenvalue weighted by Crippen LogP contribution is -2.26. The van der Waals surface area contributed by atoms with Crippen LogP contribution in [0.5, 0.6) is 0 Å². The summed E-state index contributed by atoms with van der Waals surface area (Å²) in [5.74, 6) is 0.458. The number of ether oxygens (including phenoxy) is 2. The van der Waals surface area contributed by atoms with E-state index >= 15 is 0 Å². The Hall–Kier alpha value is -0.570. The third-order valence-electron chi connectivity index (χ3n) is 3.15. The van der Waals surface area contributed by atoms with E-state index in [1.54, 1.807) is 0 Å². The van der Waals surface area contributed by atoms with Gasteiger partial charge in [-0.2, -0.15) is 0 Å². The molecule has 0 aromatic heterocycles. The predicted molar refractivity (Wildman–Crippen MR) is 51.9 cm³/mol. The van der Waals surface area contributed by atoms with Crippen molar-refractivity contribution in [3.05, 3.63) is 0 Å². The molecule has 14 heavy (non-hydrogen) atoms. The van der Waals surface area contributed by atoms with Crippen LogP contribution in [0.1, 0.15) is 39.0 Å². The van der Waals surface area contributed by atoms with Gasteiger partial charge in [-0.1, -0.05) is 0 Å². The molecule has 0 aliphatic carbocycles. The van der Waals surface area contributed by atoms with Crippen molar-refractivity contribution < 1.29 is 14.3 Å². The molecule has 2 aliphatic heterocycles. The second-order valence-electron chi connectivity index (χ2n) is 4.30. The van der Waals surface area contributed by atoms with Crippen LogP contribution in [-0.2, 0) is 14.3 Å². The summed E-state index contributed by atoms with van der Waals surface area (Å²) in [6.07, 6.45) is 5.91. The van der Waals surface area contributed by atoms with Crippen molar-refractivity contribution in [2.75, 3.05) is 6.61 Å². The zero-order valence-electron chi connectivity index (χ0n) is 8.70. The minimum Gasteiger partial charge on any atom is -0.466 e. The molecule has 3 nitrogen and oxygen atoms in total. The van der Waals surface area contributed by atoms with Crippen molar-refractivity contribution in [2.45, 2.75) is 51.2 Å². The minimum absolute atomic E-state index is 0.0428. The van der Waals surface area contributed by atoms with Crippen LogP contribution in [0, 0.1) is 5.92 Å². The summed E-state index contributed by atoms with van der Waals surface area (Å²) in [5, 5.41) is 0. The fourth-order valence-electron chi connectivity index (χ4n) is 2.59. The maximum atomic E-state index is 11.3. The molecule has 2 saturated heterocycles. The molecule has 2 rings (SSSR count). The Labute approximate surface area is 84.8 Å². The molecule has 2 heterocycles. The van der Waals surface area contributed by atoms with Gasteiger partial charge in [0.15, 0.2) is 0 Å². The number of esters is 1. The fraction of sp³-hybridized carbons (Fsp3) is 0.909. The Balaban J connectivity index is 1.79. The van der Waals surface area contributed by atoms with Crippen LogP contribution in [0.4, 0.5) is 0 Å². The van der Waals surface area contributed by atoms with Gasteiger partial charge in [-0.15, -0.1) is 0 Å². The molecular weight excluding hydrogens is 180 g/mol. The lowest BCUT2D eigenvalue weighted by atomic mass is 9.92. The van der Waals surface area contributed by atoms with E-state index < -0.39 is 0 Å². The number of carbonyl (C=O) groups excluding carboxylic acids is 1. The first kappa shape index (κ1) is 9.97. The molecule has 1 unspecified atom stereocenters. The topological polar surface area (TPSA) is 35.5 Å². The minimum atomic E-state index is -0.0428. The lowest BCUT2D eigenvalue weighted by molar-refractivity contribution is -0.145. The molecule has 0 amide bonds. The number of hydrogen-bond donors (Lipinski definition) is 0. The van der Waals surface area contributed by atoms with Crippen molar-refractivity contribution in [3.63, 3.8) is 0 Å². The Morgan fingerprint density at radius 1 is 1.36 bits per heavy atom. The van der Waals surface area contributed by atoms with Gasteiger partial charge in [-0.05, 0) is 38.5 Å². The summed E-state index contributed by atoms with van der Waals surface area (Å²) >= 11 is 0. The number of carbonyl (C=O) groups is 1. The molecular formula is C11H18O3. The van der Waals surface area contributed by atoms with Crippen molar-refractivity contribution in [3.8, 4) is 0 Å². The Morgan fingerprint density at radius 2 is 2.00 bits per heavy atom. The van der Waals surface area contributed by atoms with Crippen LogP contribution in [-0.4, -0.2) is 24.8 Å². The van der Waals surface area contributed by atoms with E-state index in [2.05, 4.69) is 0 Å². The van der Waals surface area contributed by atoms with Crippen LogP contribution in [0.2, 0.25) is 0 Å². The van der Waals surface area contributed by atoms with Crippen LogP contribution < -0.4 is 0 Å². The summed E-state index contributed by atoms with van der Waals surface area (Å²) < 4.78 is 10.7. The fourth-order valence-corrected chi connectivity index (χ4v) is 2.59. The van der Waals surface area contributed by atoms with E-state index in [1.807, 2.05) is 6.92 Å². The summed E-state index contributed by atoms with van der Waals surface area (Å²) in [7, 11) is 0. The molecule has 0 N–H and O–H groups in total. The molecule has 0 aromatic carbocycles. The van der Waals surface area contributed by atoms with Gasteiger partial charge in [0.2, 0.25) is 0 Å². The van der Waals surface area contributed by atoms with Gasteiger partial charge in [0.25, 0.3) is 0 Å². The van der Waals surface area contributed by atoms with Gasteiger partial charge in [0, 0.05) is 6.42 Å². The van der Waals surface area contributed by atoms with Gasteiger partial charge in [-0.25, -0.2) is 0 Å². The third kappa shape index (κ3) is 2.27. The van der Waals surface area contributed by atoms with Gasteiger partial charge >= 0.3 is 5.97 Å². The number of fused-ring (bicyclic) bond motifs is 2. The van der Waals surface area contributed by atoms with Gasteiger partial charge in [0.1, 0.15) is 0 Å². The summed E-state index contributed by atoms with van der Waals surface area (Å²) in [6.45, 7) is 2.35. The highest BCUT2D eigenvalue weighted by molar-refractivity contribution is 5.69. The first-order chi connectivity index (χ1) is 6.78. The van der Waals surface area contributed by atoms with Crippen molar-refractivity contribution in [1.29, 1.82) is 0 Å². The summed E-state index contributed by atoms with van der Waals surface area (Å²) in [4.78, 5) is 11.3. The summed E-state index contributed by atoms with van der Waals surface area (Å²) in [5.41, 5.74) is 0. The van der Waals surface area contributed by atoms with Crippen molar-refractivity contribution in [1.82, 2.24) is 0 Å². The Bertz CT molecular complexity index is 203. The van der Waals surface area contributed by atoms with E-state index in [9.17, 15) is 4.79 Å². The van der Waals surface area contributed by atoms with E-state index in [-0.39, 0.29) is 5.97 Å². The van der Waals surface area contributed by atoms with Crippen LogP contribution in [0.15, 0.2) is 0 Å². The first-order valence-corrected chi connectivity index (χ1v) is 5.59. The standard InChI is InChI=1S/C11H18O3/c1-2-13-11(12)7-8-5-9-3-4-10(6-8)14-9/h8-10H,2-7H2,1H3/t8?,9-,10+. The number of hydrogen-bond acceptors (Lipinski definition) is 3. The van der Waals surface area contributed by atoms with Crippen molar-refractivity contribution >= 4 is 5.97 Å². The monoisotopic (exact) mass is 198 g/mol. The maximum Gasteiger partial charge on any atom is 0.306 e. The van der Waals surface area contributed by atoms with Crippen LogP contribution >= 0.6 is 0 Å². The Kier molecular flexibility index (Phi) is 3.06. The molecule has 3 atom stereocenters. The van der Waals surface area contributed by atoms with Crippen molar-refractivity contribution in [2.24, 2.45) is 5.92 Å². The zero-order valence-corrected chi connectivity index (χ0v) is 8.70. The molecule has 80 valence electrons. The van der Waals surface area contributed by atoms with E-state index in [0.29, 0.717) is 31.2 Å². The maximum absolute atomic E-state index is 11.3. The molecule has 2 bridgehead atoms. The highest BCUT2D eigenvalue weighted by Gasteiger charge is 2.35. The van der Waals surface area contributed by atoms with Crippen LogP contribution in [0.3, 0.4) is 0 Å². The normalized spacial score (nSPS) is 35.6. The average molecular weight is 198 g/mol. The van der Waals surface area contributed by atoms with E-state index in [4.69, 9.17) is 9.47 Å². The third-order valence-corrected chi connectivity index (χ3v) is 3.15. The predicted octanol–water partition coefficient (Wildman–Crippen LogP) is 1.90. The molecule has 0 radical (unpaired) electrons. The van der Waals surface area contributed by atoms with E-state index in [1.165, 1.54) is 12.8 Å². The second-order valence-corrected chi connectivity index (χ2v) is 4.30. The quantitative estimate of drug-likeness (QED) is 0.650. The lowest BCUT2D eigenvalue weighted by Gasteiger charge is -2.27. The van der Waals surface area contributed by atoms with Gasteiger partial charge in [0.05, 0.1) is 18.8 Å². The van der Waals surface area contributed by atoms with Gasteiger partial charge in [-0.3, -0.25) is 4.79 Å². The highest BCUT2D eigenvalue weighted by Crippen LogP contribution is 2.37. The molecule has 0 spiro atoms. The average Bonchev–Trinajstić information content (AvgIpc) is 2.46.